The lowest BCUT2D eigenvalue weighted by Gasteiger charge is -2.06. The number of unbranched alkanes of at least 4 members (excludes halogenated alkanes) is 20. The third kappa shape index (κ3) is 32.0. The highest BCUT2D eigenvalue weighted by Crippen LogP contribution is 2.15. The molecule has 0 heterocycles. The minimum absolute atomic E-state index is 0.892. The lowest BCUT2D eigenvalue weighted by atomic mass is 10.0. The first-order valence-electron chi connectivity index (χ1n) is 15.8. The molecule has 1 heteroatoms. The molecular formula is C32H67N. The smallest absolute Gasteiger partial charge is 0.00489 e. The SMILES string of the molecule is CC(C)CCCCCCCCCCCCCNCCCCCCCCCCCCCC(C)C. The topological polar surface area (TPSA) is 12.0 Å². The Hall–Kier alpha value is -0.0400. The quantitative estimate of drug-likeness (QED) is 0.113. The summed E-state index contributed by atoms with van der Waals surface area (Å²) in [6, 6.07) is 0. The van der Waals surface area contributed by atoms with Gasteiger partial charge in [-0.2, -0.15) is 0 Å². The third-order valence-electron chi connectivity index (χ3n) is 7.27. The lowest BCUT2D eigenvalue weighted by molar-refractivity contribution is 0.500. The molecule has 0 aromatic heterocycles. The molecule has 0 aliphatic carbocycles. The predicted octanol–water partition coefficient (Wildman–Crippen LogP) is 11.3. The van der Waals surface area contributed by atoms with E-state index in [0.717, 1.165) is 11.8 Å². The van der Waals surface area contributed by atoms with Crippen molar-refractivity contribution < 1.29 is 0 Å². The van der Waals surface area contributed by atoms with Crippen LogP contribution in [0.2, 0.25) is 0 Å². The molecule has 0 fully saturated rings. The van der Waals surface area contributed by atoms with Gasteiger partial charge in [0.25, 0.3) is 0 Å². The van der Waals surface area contributed by atoms with E-state index in [-0.39, 0.29) is 0 Å². The second-order valence-corrected chi connectivity index (χ2v) is 11.9. The lowest BCUT2D eigenvalue weighted by Crippen LogP contribution is -2.16. The van der Waals surface area contributed by atoms with Crippen LogP contribution >= 0.6 is 0 Å². The van der Waals surface area contributed by atoms with Gasteiger partial charge < -0.3 is 5.32 Å². The highest BCUT2D eigenvalue weighted by Gasteiger charge is 1.97. The van der Waals surface area contributed by atoms with E-state index < -0.39 is 0 Å². The van der Waals surface area contributed by atoms with Gasteiger partial charge >= 0.3 is 0 Å². The average Bonchev–Trinajstić information content (AvgIpc) is 2.78. The zero-order chi connectivity index (χ0) is 24.2. The molecular weight excluding hydrogens is 398 g/mol. The molecule has 0 spiro atoms. The zero-order valence-corrected chi connectivity index (χ0v) is 24.0. The summed E-state index contributed by atoms with van der Waals surface area (Å²) in [5, 5.41) is 3.67. The predicted molar refractivity (Wildman–Crippen MR) is 153 cm³/mol. The van der Waals surface area contributed by atoms with E-state index in [9.17, 15) is 0 Å². The van der Waals surface area contributed by atoms with E-state index in [1.54, 1.807) is 0 Å². The van der Waals surface area contributed by atoms with Crippen LogP contribution in [-0.4, -0.2) is 13.1 Å². The van der Waals surface area contributed by atoms with Crippen LogP contribution in [0, 0.1) is 11.8 Å². The maximum absolute atomic E-state index is 3.67. The van der Waals surface area contributed by atoms with E-state index in [0.29, 0.717) is 0 Å². The number of nitrogens with one attached hydrogen (secondary N) is 1. The summed E-state index contributed by atoms with van der Waals surface area (Å²) in [7, 11) is 0. The van der Waals surface area contributed by atoms with Crippen molar-refractivity contribution in [2.75, 3.05) is 13.1 Å². The van der Waals surface area contributed by atoms with Gasteiger partial charge in [0.05, 0.1) is 0 Å². The van der Waals surface area contributed by atoms with Crippen LogP contribution in [0.5, 0.6) is 0 Å². The normalized spacial score (nSPS) is 11.8. The molecule has 0 aliphatic rings. The fraction of sp³-hybridized carbons (Fsp3) is 1.00. The summed E-state index contributed by atoms with van der Waals surface area (Å²) >= 11 is 0. The van der Waals surface area contributed by atoms with E-state index >= 15 is 0 Å². The Bertz CT molecular complexity index is 303. The molecule has 0 amide bonds. The van der Waals surface area contributed by atoms with Crippen LogP contribution < -0.4 is 5.32 Å². The van der Waals surface area contributed by atoms with Gasteiger partial charge in [-0.05, 0) is 37.8 Å². The zero-order valence-electron chi connectivity index (χ0n) is 24.0. The van der Waals surface area contributed by atoms with Gasteiger partial charge in [0, 0.05) is 0 Å². The number of rotatable bonds is 28. The Balaban J connectivity index is 3.01. The average molecular weight is 466 g/mol. The van der Waals surface area contributed by atoms with Crippen molar-refractivity contribution in [1.29, 1.82) is 0 Å². The molecule has 0 saturated heterocycles. The second-order valence-electron chi connectivity index (χ2n) is 11.9. The first-order valence-corrected chi connectivity index (χ1v) is 15.8. The highest BCUT2D eigenvalue weighted by atomic mass is 14.8. The van der Waals surface area contributed by atoms with E-state index in [4.69, 9.17) is 0 Å². The van der Waals surface area contributed by atoms with Crippen LogP contribution in [-0.2, 0) is 0 Å². The van der Waals surface area contributed by atoms with Crippen LogP contribution in [0.4, 0.5) is 0 Å². The highest BCUT2D eigenvalue weighted by molar-refractivity contribution is 4.54. The summed E-state index contributed by atoms with van der Waals surface area (Å²) in [4.78, 5) is 0. The van der Waals surface area contributed by atoms with Crippen LogP contribution in [0.25, 0.3) is 0 Å². The fourth-order valence-electron chi connectivity index (χ4n) is 4.91. The van der Waals surface area contributed by atoms with Gasteiger partial charge in [0.15, 0.2) is 0 Å². The number of hydrogen-bond acceptors (Lipinski definition) is 1. The molecule has 0 aromatic rings. The van der Waals surface area contributed by atoms with E-state index in [1.807, 2.05) is 0 Å². The second kappa shape index (κ2) is 28.2. The third-order valence-corrected chi connectivity index (χ3v) is 7.27. The number of hydrogen-bond donors (Lipinski definition) is 1. The van der Waals surface area contributed by atoms with Gasteiger partial charge in [-0.3, -0.25) is 0 Å². The molecule has 200 valence electrons. The minimum atomic E-state index is 0.892. The Kier molecular flexibility index (Phi) is 28.2. The summed E-state index contributed by atoms with van der Waals surface area (Å²) in [5.41, 5.74) is 0. The Labute approximate surface area is 212 Å². The van der Waals surface area contributed by atoms with Crippen LogP contribution in [0.3, 0.4) is 0 Å². The van der Waals surface area contributed by atoms with Crippen molar-refractivity contribution in [3.8, 4) is 0 Å². The molecule has 0 aliphatic heterocycles. The molecule has 0 unspecified atom stereocenters. The first kappa shape index (κ1) is 33.0. The largest absolute Gasteiger partial charge is 0.317 e. The van der Waals surface area contributed by atoms with Crippen molar-refractivity contribution >= 4 is 0 Å². The molecule has 0 atom stereocenters. The molecule has 0 radical (unpaired) electrons. The summed E-state index contributed by atoms with van der Waals surface area (Å²) in [6.45, 7) is 11.9. The van der Waals surface area contributed by atoms with Crippen molar-refractivity contribution in [2.24, 2.45) is 11.8 Å². The molecule has 0 rings (SSSR count). The van der Waals surface area contributed by atoms with Crippen molar-refractivity contribution in [1.82, 2.24) is 5.32 Å². The Morgan fingerprint density at radius 3 is 0.758 bits per heavy atom. The van der Waals surface area contributed by atoms with Gasteiger partial charge in [-0.25, -0.2) is 0 Å². The Morgan fingerprint density at radius 2 is 0.515 bits per heavy atom. The Morgan fingerprint density at radius 1 is 0.303 bits per heavy atom. The molecule has 1 nitrogen and oxygen atoms in total. The molecule has 1 N–H and O–H groups in total. The van der Waals surface area contributed by atoms with Crippen molar-refractivity contribution in [3.63, 3.8) is 0 Å². The summed E-state index contributed by atoms with van der Waals surface area (Å²) in [6.07, 6.45) is 34.8. The van der Waals surface area contributed by atoms with E-state index in [1.165, 1.54) is 167 Å². The van der Waals surface area contributed by atoms with Gasteiger partial charge in [0.1, 0.15) is 0 Å². The molecule has 33 heavy (non-hydrogen) atoms. The standard InChI is InChI=1S/C32H67N/c1-31(2)27-23-19-15-11-7-5-9-13-17-21-25-29-33-30-26-22-18-14-10-6-8-12-16-20-24-28-32(3)4/h31-33H,5-30H2,1-4H3. The summed E-state index contributed by atoms with van der Waals surface area (Å²) < 4.78 is 0. The van der Waals surface area contributed by atoms with Gasteiger partial charge in [-0.15, -0.1) is 0 Å². The molecule has 0 aromatic carbocycles. The molecule has 0 bridgehead atoms. The van der Waals surface area contributed by atoms with E-state index in [2.05, 4.69) is 33.0 Å². The van der Waals surface area contributed by atoms with Gasteiger partial charge in [0.2, 0.25) is 0 Å². The maximum atomic E-state index is 3.67. The van der Waals surface area contributed by atoms with Crippen molar-refractivity contribution in [3.05, 3.63) is 0 Å². The molecule has 0 saturated carbocycles. The fourth-order valence-corrected chi connectivity index (χ4v) is 4.91. The van der Waals surface area contributed by atoms with Gasteiger partial charge in [-0.1, -0.05) is 169 Å². The first-order chi connectivity index (χ1) is 16.1. The minimum Gasteiger partial charge on any atom is -0.317 e. The van der Waals surface area contributed by atoms with Crippen LogP contribution in [0.15, 0.2) is 0 Å². The van der Waals surface area contributed by atoms with Crippen LogP contribution in [0.1, 0.15) is 182 Å². The summed E-state index contributed by atoms with van der Waals surface area (Å²) in [5.74, 6) is 1.78. The maximum Gasteiger partial charge on any atom is -0.00489 e. The van der Waals surface area contributed by atoms with Crippen molar-refractivity contribution in [2.45, 2.75) is 182 Å². The monoisotopic (exact) mass is 466 g/mol.